The second-order valence-corrected chi connectivity index (χ2v) is 6.10. The molecule has 0 heterocycles. The van der Waals surface area contributed by atoms with Gasteiger partial charge < -0.3 is 4.74 Å². The molecule has 4 heteroatoms. The van der Waals surface area contributed by atoms with E-state index in [1.165, 1.54) is 0 Å². The highest BCUT2D eigenvalue weighted by atomic mass is 35.5. The Labute approximate surface area is 107 Å². The van der Waals surface area contributed by atoms with E-state index in [0.29, 0.717) is 6.61 Å². The Balaban J connectivity index is 3.09. The number of alkyl halides is 2. The molecule has 0 aromatic carbocycles. The summed E-state index contributed by atoms with van der Waals surface area (Å²) in [5.74, 6) is -0.436. The quantitative estimate of drug-likeness (QED) is 0.443. The van der Waals surface area contributed by atoms with Gasteiger partial charge in [-0.05, 0) is 20.8 Å². The zero-order chi connectivity index (χ0) is 12.8. The second kappa shape index (κ2) is 3.92. The Bertz CT molecular complexity index is 345. The van der Waals surface area contributed by atoms with Gasteiger partial charge in [-0.3, -0.25) is 4.79 Å². The monoisotopic (exact) mass is 264 g/mol. The van der Waals surface area contributed by atoms with Crippen LogP contribution < -0.4 is 0 Å². The van der Waals surface area contributed by atoms with Gasteiger partial charge in [0, 0.05) is 5.41 Å². The predicted octanol–water partition coefficient (Wildman–Crippen LogP) is 3.51. The van der Waals surface area contributed by atoms with Crippen LogP contribution in [0.25, 0.3) is 0 Å². The zero-order valence-corrected chi connectivity index (χ0v) is 11.9. The second-order valence-electron chi connectivity index (χ2n) is 4.94. The molecule has 0 amide bonds. The molecule has 1 aliphatic rings. The first-order chi connectivity index (χ1) is 7.15. The van der Waals surface area contributed by atoms with Crippen molar-refractivity contribution in [1.29, 1.82) is 0 Å². The maximum absolute atomic E-state index is 11.9. The molecular formula is C12H18Cl2O2. The fourth-order valence-corrected chi connectivity index (χ4v) is 3.24. The summed E-state index contributed by atoms with van der Waals surface area (Å²) in [5, 5.41) is 0. The van der Waals surface area contributed by atoms with Crippen LogP contribution in [0.2, 0.25) is 0 Å². The summed E-state index contributed by atoms with van der Waals surface area (Å²) in [6.07, 6.45) is 1.85. The van der Waals surface area contributed by atoms with E-state index < -0.39 is 21.1 Å². The molecule has 2 unspecified atom stereocenters. The molecule has 16 heavy (non-hydrogen) atoms. The molecule has 1 aliphatic carbocycles. The number of allylic oxidation sites excluding steroid dienone is 2. The summed E-state index contributed by atoms with van der Waals surface area (Å²) < 4.78 is 5.00. The standard InChI is InChI=1S/C12H18Cl2O2/c1-6-16-9(15)12(14)10(4,5)11(12,13)7-8(2)3/h7H,6H2,1-5H3. The van der Waals surface area contributed by atoms with E-state index in [9.17, 15) is 4.79 Å². The highest BCUT2D eigenvalue weighted by Gasteiger charge is 2.85. The maximum atomic E-state index is 11.9. The van der Waals surface area contributed by atoms with Gasteiger partial charge >= 0.3 is 5.97 Å². The maximum Gasteiger partial charge on any atom is 0.330 e. The van der Waals surface area contributed by atoms with Gasteiger partial charge in [-0.15, -0.1) is 23.2 Å². The topological polar surface area (TPSA) is 26.3 Å². The normalized spacial score (nSPS) is 35.4. The molecule has 0 aromatic rings. The predicted molar refractivity (Wildman–Crippen MR) is 67.0 cm³/mol. The van der Waals surface area contributed by atoms with Gasteiger partial charge in [0.1, 0.15) is 4.87 Å². The largest absolute Gasteiger partial charge is 0.465 e. The van der Waals surface area contributed by atoms with Crippen molar-refractivity contribution in [2.45, 2.75) is 44.4 Å². The summed E-state index contributed by atoms with van der Waals surface area (Å²) in [4.78, 5) is 9.86. The van der Waals surface area contributed by atoms with Gasteiger partial charge in [-0.1, -0.05) is 25.5 Å². The van der Waals surface area contributed by atoms with Crippen molar-refractivity contribution in [1.82, 2.24) is 0 Å². The third-order valence-corrected chi connectivity index (χ3v) is 5.14. The van der Waals surface area contributed by atoms with Crippen LogP contribution in [0, 0.1) is 5.41 Å². The molecule has 0 aromatic heterocycles. The van der Waals surface area contributed by atoms with Crippen LogP contribution in [0.15, 0.2) is 11.6 Å². The highest BCUT2D eigenvalue weighted by molar-refractivity contribution is 6.49. The number of hydrogen-bond donors (Lipinski definition) is 0. The molecule has 0 bridgehead atoms. The first-order valence-electron chi connectivity index (χ1n) is 5.36. The van der Waals surface area contributed by atoms with Crippen molar-refractivity contribution in [3.63, 3.8) is 0 Å². The average Bonchev–Trinajstić information content (AvgIpc) is 2.46. The van der Waals surface area contributed by atoms with E-state index in [1.807, 2.05) is 33.8 Å². The third-order valence-electron chi connectivity index (χ3n) is 3.25. The number of esters is 1. The highest BCUT2D eigenvalue weighted by Crippen LogP contribution is 2.74. The molecule has 1 fully saturated rings. The number of rotatable bonds is 3. The summed E-state index contributed by atoms with van der Waals surface area (Å²) in [6.45, 7) is 9.68. The van der Waals surface area contributed by atoms with E-state index in [4.69, 9.17) is 27.9 Å². The molecule has 0 saturated heterocycles. The molecule has 0 N–H and O–H groups in total. The molecule has 2 nitrogen and oxygen atoms in total. The Morgan fingerprint density at radius 1 is 1.31 bits per heavy atom. The van der Waals surface area contributed by atoms with Crippen molar-refractivity contribution in [3.8, 4) is 0 Å². The Morgan fingerprint density at radius 3 is 2.19 bits per heavy atom. The van der Waals surface area contributed by atoms with Crippen molar-refractivity contribution in [3.05, 3.63) is 11.6 Å². The Morgan fingerprint density at radius 2 is 1.81 bits per heavy atom. The Hall–Kier alpha value is -0.210. The lowest BCUT2D eigenvalue weighted by molar-refractivity contribution is -0.144. The van der Waals surface area contributed by atoms with Crippen LogP contribution in [-0.4, -0.2) is 22.3 Å². The van der Waals surface area contributed by atoms with Crippen LogP contribution in [-0.2, 0) is 9.53 Å². The smallest absolute Gasteiger partial charge is 0.330 e. The van der Waals surface area contributed by atoms with Crippen molar-refractivity contribution >= 4 is 29.2 Å². The van der Waals surface area contributed by atoms with Gasteiger partial charge in [0.15, 0.2) is 4.87 Å². The van der Waals surface area contributed by atoms with Crippen LogP contribution in [0.3, 0.4) is 0 Å². The third kappa shape index (κ3) is 1.50. The van der Waals surface area contributed by atoms with Gasteiger partial charge in [0.25, 0.3) is 0 Å². The van der Waals surface area contributed by atoms with Crippen LogP contribution in [0.4, 0.5) is 0 Å². The lowest BCUT2D eigenvalue weighted by Gasteiger charge is -2.10. The molecule has 1 rings (SSSR count). The van der Waals surface area contributed by atoms with Gasteiger partial charge in [0.05, 0.1) is 6.61 Å². The van der Waals surface area contributed by atoms with Crippen molar-refractivity contribution in [2.75, 3.05) is 6.61 Å². The minimum absolute atomic E-state index is 0.311. The first kappa shape index (κ1) is 13.9. The van der Waals surface area contributed by atoms with Crippen molar-refractivity contribution in [2.24, 2.45) is 5.41 Å². The van der Waals surface area contributed by atoms with Gasteiger partial charge in [-0.2, -0.15) is 0 Å². The van der Waals surface area contributed by atoms with Crippen LogP contribution in [0.1, 0.15) is 34.6 Å². The number of hydrogen-bond acceptors (Lipinski definition) is 2. The lowest BCUT2D eigenvalue weighted by atomic mass is 10.1. The summed E-state index contributed by atoms with van der Waals surface area (Å²) in [5.41, 5.74) is 0.530. The summed E-state index contributed by atoms with van der Waals surface area (Å²) >= 11 is 12.8. The molecule has 0 aliphatic heterocycles. The van der Waals surface area contributed by atoms with Gasteiger partial charge in [0.2, 0.25) is 0 Å². The SMILES string of the molecule is CCOC(=O)C1(Cl)C(C)(C)C1(Cl)C=C(C)C. The molecular weight excluding hydrogens is 247 g/mol. The van der Waals surface area contributed by atoms with E-state index in [1.54, 1.807) is 6.92 Å². The number of carbonyl (C=O) groups excluding carboxylic acids is 1. The molecule has 0 spiro atoms. The minimum Gasteiger partial charge on any atom is -0.465 e. The molecule has 0 radical (unpaired) electrons. The summed E-state index contributed by atoms with van der Waals surface area (Å²) in [6, 6.07) is 0. The van der Waals surface area contributed by atoms with E-state index >= 15 is 0 Å². The first-order valence-corrected chi connectivity index (χ1v) is 6.12. The fraction of sp³-hybridized carbons (Fsp3) is 0.750. The van der Waals surface area contributed by atoms with Crippen LogP contribution >= 0.6 is 23.2 Å². The number of ether oxygens (including phenoxy) is 1. The Kier molecular flexibility index (Phi) is 3.39. The summed E-state index contributed by atoms with van der Waals surface area (Å²) in [7, 11) is 0. The number of carbonyl (C=O) groups is 1. The van der Waals surface area contributed by atoms with Crippen LogP contribution in [0.5, 0.6) is 0 Å². The fourth-order valence-electron chi connectivity index (χ4n) is 2.11. The lowest BCUT2D eigenvalue weighted by Crippen LogP contribution is -2.28. The van der Waals surface area contributed by atoms with Crippen molar-refractivity contribution < 1.29 is 9.53 Å². The number of halogens is 2. The minimum atomic E-state index is -1.16. The zero-order valence-electron chi connectivity index (χ0n) is 10.4. The van der Waals surface area contributed by atoms with Gasteiger partial charge in [-0.25, -0.2) is 0 Å². The van der Waals surface area contributed by atoms with E-state index in [0.717, 1.165) is 5.57 Å². The van der Waals surface area contributed by atoms with E-state index in [-0.39, 0.29) is 0 Å². The molecule has 92 valence electrons. The molecule has 2 atom stereocenters. The average molecular weight is 265 g/mol. The van der Waals surface area contributed by atoms with E-state index in [2.05, 4.69) is 0 Å². The molecule has 1 saturated carbocycles.